The number of hydrogen-bond acceptors (Lipinski definition) is 5. The van der Waals surface area contributed by atoms with Gasteiger partial charge in [-0.1, -0.05) is 19.1 Å². The van der Waals surface area contributed by atoms with Crippen LogP contribution in [0.2, 0.25) is 0 Å². The molecule has 1 fully saturated rings. The number of nitrogens with one attached hydrogen (secondary N) is 2. The summed E-state index contributed by atoms with van der Waals surface area (Å²) >= 11 is 0. The molecule has 0 amide bonds. The predicted molar refractivity (Wildman–Crippen MR) is 132 cm³/mol. The Morgan fingerprint density at radius 1 is 1.20 bits per heavy atom. The molecule has 0 saturated carbocycles. The van der Waals surface area contributed by atoms with Crippen molar-refractivity contribution in [2.75, 3.05) is 46.4 Å². The molecule has 30 heavy (non-hydrogen) atoms. The number of aliphatic imine (C=N–C) groups is 1. The SMILES string of the molecule is COCCCNC(=NCc1ccc([N+](=O)[O-])cc1)NCCCN1CCC(C)CC1.I. The molecular weight excluding hydrogens is 497 g/mol. The highest BCUT2D eigenvalue weighted by atomic mass is 127. The van der Waals surface area contributed by atoms with Crippen LogP contribution < -0.4 is 10.6 Å². The molecule has 0 bridgehead atoms. The van der Waals surface area contributed by atoms with Crippen LogP contribution in [0, 0.1) is 16.0 Å². The molecule has 1 heterocycles. The Morgan fingerprint density at radius 2 is 1.83 bits per heavy atom. The lowest BCUT2D eigenvalue weighted by Gasteiger charge is -2.30. The number of hydrogen-bond donors (Lipinski definition) is 2. The maximum absolute atomic E-state index is 10.8. The fraction of sp³-hybridized carbons (Fsp3) is 0.667. The highest BCUT2D eigenvalue weighted by molar-refractivity contribution is 14.0. The second kappa shape index (κ2) is 15.4. The molecule has 0 spiro atoms. The van der Waals surface area contributed by atoms with E-state index in [0.717, 1.165) is 49.9 Å². The Balaban J connectivity index is 0.00000450. The molecule has 1 aromatic carbocycles. The lowest BCUT2D eigenvalue weighted by molar-refractivity contribution is -0.384. The second-order valence-corrected chi connectivity index (χ2v) is 7.67. The van der Waals surface area contributed by atoms with Gasteiger partial charge in [-0.05, 0) is 56.8 Å². The largest absolute Gasteiger partial charge is 0.385 e. The topological polar surface area (TPSA) is 92.0 Å². The molecule has 1 aliphatic heterocycles. The van der Waals surface area contributed by atoms with E-state index in [-0.39, 0.29) is 34.6 Å². The molecule has 0 aromatic heterocycles. The van der Waals surface area contributed by atoms with Crippen molar-refractivity contribution >= 4 is 35.6 Å². The molecule has 0 unspecified atom stereocenters. The zero-order chi connectivity index (χ0) is 20.9. The number of rotatable bonds is 11. The molecule has 8 nitrogen and oxygen atoms in total. The van der Waals surface area contributed by atoms with Gasteiger partial charge in [-0.15, -0.1) is 24.0 Å². The Morgan fingerprint density at radius 3 is 2.43 bits per heavy atom. The summed E-state index contributed by atoms with van der Waals surface area (Å²) in [6.07, 6.45) is 4.58. The van der Waals surface area contributed by atoms with Crippen molar-refractivity contribution in [2.24, 2.45) is 10.9 Å². The van der Waals surface area contributed by atoms with E-state index in [9.17, 15) is 10.1 Å². The summed E-state index contributed by atoms with van der Waals surface area (Å²) in [5, 5.41) is 17.5. The molecule has 1 aliphatic rings. The molecule has 170 valence electrons. The van der Waals surface area contributed by atoms with Gasteiger partial charge in [0.05, 0.1) is 11.5 Å². The van der Waals surface area contributed by atoms with Gasteiger partial charge >= 0.3 is 0 Å². The van der Waals surface area contributed by atoms with E-state index in [1.54, 1.807) is 19.2 Å². The molecule has 0 atom stereocenters. The first-order chi connectivity index (χ1) is 14.1. The first kappa shape index (κ1) is 26.6. The normalized spacial score (nSPS) is 15.5. The second-order valence-electron chi connectivity index (χ2n) is 7.67. The van der Waals surface area contributed by atoms with Crippen molar-refractivity contribution < 1.29 is 9.66 Å². The lowest BCUT2D eigenvalue weighted by atomic mass is 9.99. The van der Waals surface area contributed by atoms with Gasteiger partial charge in [-0.2, -0.15) is 0 Å². The summed E-state index contributed by atoms with van der Waals surface area (Å²) in [5.41, 5.74) is 1.04. The zero-order valence-corrected chi connectivity index (χ0v) is 20.5. The minimum Gasteiger partial charge on any atom is -0.385 e. The van der Waals surface area contributed by atoms with Gasteiger partial charge in [-0.25, -0.2) is 4.99 Å². The summed E-state index contributed by atoms with van der Waals surface area (Å²) in [6.45, 7) is 8.68. The van der Waals surface area contributed by atoms with E-state index in [1.807, 2.05) is 0 Å². The Kier molecular flexibility index (Phi) is 13.6. The molecule has 2 N–H and O–H groups in total. The maximum Gasteiger partial charge on any atom is 0.269 e. The minimum absolute atomic E-state index is 0. The summed E-state index contributed by atoms with van der Waals surface area (Å²) in [7, 11) is 1.70. The fourth-order valence-corrected chi connectivity index (χ4v) is 3.29. The van der Waals surface area contributed by atoms with Crippen LogP contribution in [0.4, 0.5) is 5.69 Å². The first-order valence-electron chi connectivity index (χ1n) is 10.6. The van der Waals surface area contributed by atoms with Crippen molar-refractivity contribution in [3.63, 3.8) is 0 Å². The van der Waals surface area contributed by atoms with Crippen LogP contribution in [0.15, 0.2) is 29.3 Å². The first-order valence-corrected chi connectivity index (χ1v) is 10.6. The third-order valence-electron chi connectivity index (χ3n) is 5.20. The summed E-state index contributed by atoms with van der Waals surface area (Å²) in [5.74, 6) is 1.63. The molecule has 9 heteroatoms. The fourth-order valence-electron chi connectivity index (χ4n) is 3.29. The molecule has 1 aromatic rings. The molecule has 0 radical (unpaired) electrons. The Labute approximate surface area is 197 Å². The van der Waals surface area contributed by atoms with E-state index < -0.39 is 0 Å². The average molecular weight is 533 g/mol. The highest BCUT2D eigenvalue weighted by Gasteiger charge is 2.14. The molecular formula is C21H36IN5O3. The quantitative estimate of drug-likeness (QED) is 0.113. The monoisotopic (exact) mass is 533 g/mol. The van der Waals surface area contributed by atoms with Crippen molar-refractivity contribution in [3.05, 3.63) is 39.9 Å². The number of halogens is 1. The summed E-state index contributed by atoms with van der Waals surface area (Å²) < 4.78 is 5.10. The Bertz CT molecular complexity index is 634. The van der Waals surface area contributed by atoms with Crippen LogP contribution >= 0.6 is 24.0 Å². The van der Waals surface area contributed by atoms with E-state index in [1.165, 1.54) is 38.1 Å². The summed E-state index contributed by atoms with van der Waals surface area (Å²) in [4.78, 5) is 17.6. The number of ether oxygens (including phenoxy) is 1. The number of non-ortho nitro benzene ring substituents is 1. The van der Waals surface area contributed by atoms with Crippen LogP contribution in [0.1, 0.15) is 38.2 Å². The van der Waals surface area contributed by atoms with Crippen LogP contribution in [0.3, 0.4) is 0 Å². The van der Waals surface area contributed by atoms with Crippen molar-refractivity contribution in [3.8, 4) is 0 Å². The summed E-state index contributed by atoms with van der Waals surface area (Å²) in [6, 6.07) is 6.54. The van der Waals surface area contributed by atoms with Gasteiger partial charge in [0.25, 0.3) is 5.69 Å². The van der Waals surface area contributed by atoms with E-state index in [0.29, 0.717) is 13.2 Å². The predicted octanol–water partition coefficient (Wildman–Crippen LogP) is 3.41. The van der Waals surface area contributed by atoms with Gasteiger partial charge in [0, 0.05) is 38.9 Å². The number of nitrogens with zero attached hydrogens (tertiary/aromatic N) is 3. The maximum atomic E-state index is 10.8. The number of benzene rings is 1. The third kappa shape index (κ3) is 10.5. The molecule has 0 aliphatic carbocycles. The van der Waals surface area contributed by atoms with Crippen LogP contribution in [-0.2, 0) is 11.3 Å². The average Bonchev–Trinajstić information content (AvgIpc) is 2.73. The van der Waals surface area contributed by atoms with E-state index in [2.05, 4.69) is 27.4 Å². The van der Waals surface area contributed by atoms with Crippen molar-refractivity contribution in [1.82, 2.24) is 15.5 Å². The smallest absolute Gasteiger partial charge is 0.269 e. The van der Waals surface area contributed by atoms with Gasteiger partial charge in [0.1, 0.15) is 0 Å². The number of guanidine groups is 1. The van der Waals surface area contributed by atoms with E-state index >= 15 is 0 Å². The van der Waals surface area contributed by atoms with Crippen molar-refractivity contribution in [1.29, 1.82) is 0 Å². The number of likely N-dealkylation sites (tertiary alicyclic amines) is 1. The third-order valence-corrected chi connectivity index (χ3v) is 5.20. The highest BCUT2D eigenvalue weighted by Crippen LogP contribution is 2.15. The van der Waals surface area contributed by atoms with Crippen LogP contribution in [-0.4, -0.2) is 62.2 Å². The standard InChI is InChI=1S/C21H35N5O3.HI/c1-18-9-14-25(15-10-18)13-3-11-22-21(23-12-4-16-29-2)24-17-19-5-7-20(8-6-19)26(27)28;/h5-8,18H,3-4,9-17H2,1-2H3,(H2,22,23,24);1H. The minimum atomic E-state index is -0.389. The van der Waals surface area contributed by atoms with Crippen molar-refractivity contribution in [2.45, 2.75) is 39.2 Å². The lowest BCUT2D eigenvalue weighted by Crippen LogP contribution is -2.40. The van der Waals surface area contributed by atoms with Gasteiger partial charge in [0.2, 0.25) is 0 Å². The Hall–Kier alpha value is -1.46. The number of methoxy groups -OCH3 is 1. The molecule has 2 rings (SSSR count). The number of nitro benzene ring substituents is 1. The van der Waals surface area contributed by atoms with Gasteiger partial charge in [-0.3, -0.25) is 10.1 Å². The van der Waals surface area contributed by atoms with Gasteiger partial charge < -0.3 is 20.3 Å². The number of piperidine rings is 1. The van der Waals surface area contributed by atoms with E-state index in [4.69, 9.17) is 4.74 Å². The van der Waals surface area contributed by atoms with Crippen LogP contribution in [0.5, 0.6) is 0 Å². The molecule has 1 saturated heterocycles. The van der Waals surface area contributed by atoms with Gasteiger partial charge in [0.15, 0.2) is 5.96 Å². The zero-order valence-electron chi connectivity index (χ0n) is 18.1. The van der Waals surface area contributed by atoms with Crippen LogP contribution in [0.25, 0.3) is 0 Å². The number of nitro groups is 1.